The second-order valence-corrected chi connectivity index (χ2v) is 8.30. The maximum Gasteiger partial charge on any atom is 0.307 e. The average molecular weight is 412 g/mol. The number of carbonyl (C=O) groups is 2. The van der Waals surface area contributed by atoms with Crippen molar-refractivity contribution in [3.8, 4) is 0 Å². The van der Waals surface area contributed by atoms with Crippen LogP contribution in [-0.2, 0) is 20.0 Å². The van der Waals surface area contributed by atoms with E-state index in [1.54, 1.807) is 0 Å². The van der Waals surface area contributed by atoms with Crippen molar-refractivity contribution >= 4 is 11.9 Å². The Balaban J connectivity index is 2.28. The molecule has 2 aromatic rings. The number of hydroxylamine groups is 1. The zero-order valence-corrected chi connectivity index (χ0v) is 18.3. The number of carboxylic acid groups (broad SMARTS) is 1. The van der Waals surface area contributed by atoms with Crippen LogP contribution in [0.15, 0.2) is 60.7 Å². The Morgan fingerprint density at radius 2 is 1.47 bits per heavy atom. The Hall–Kier alpha value is -2.66. The Bertz CT molecular complexity index is 765. The fourth-order valence-corrected chi connectivity index (χ4v) is 3.80. The molecule has 162 valence electrons. The standard InChI is InChI=1S/C25H33NO4/c1-5-12-21(22(24(28)29)17-18(2)3)23(27)26-30-25(4,19-13-8-6-9-14-19)20-15-10-7-11-16-20/h6-11,13-16,18,21-22H,5,12,17H2,1-4H3,(H,26,27)(H,28,29)/t21-,22+/m0/s1. The van der Waals surface area contributed by atoms with Gasteiger partial charge in [-0.1, -0.05) is 87.9 Å². The highest BCUT2D eigenvalue weighted by Crippen LogP contribution is 2.33. The summed E-state index contributed by atoms with van der Waals surface area (Å²) < 4.78 is 0. The molecule has 0 aromatic heterocycles. The molecule has 0 radical (unpaired) electrons. The molecular weight excluding hydrogens is 378 g/mol. The molecule has 0 saturated carbocycles. The van der Waals surface area contributed by atoms with E-state index in [2.05, 4.69) is 5.48 Å². The lowest BCUT2D eigenvalue weighted by atomic mass is 9.82. The van der Waals surface area contributed by atoms with E-state index in [4.69, 9.17) is 4.84 Å². The number of rotatable bonds is 11. The highest BCUT2D eigenvalue weighted by atomic mass is 16.7. The van der Waals surface area contributed by atoms with Crippen LogP contribution in [0.1, 0.15) is 58.1 Å². The largest absolute Gasteiger partial charge is 0.481 e. The minimum absolute atomic E-state index is 0.179. The van der Waals surface area contributed by atoms with Gasteiger partial charge < -0.3 is 5.11 Å². The zero-order valence-electron chi connectivity index (χ0n) is 18.3. The van der Waals surface area contributed by atoms with Crippen molar-refractivity contribution in [1.29, 1.82) is 0 Å². The molecule has 2 atom stereocenters. The molecule has 2 N–H and O–H groups in total. The van der Waals surface area contributed by atoms with E-state index in [0.29, 0.717) is 19.3 Å². The number of benzene rings is 2. The van der Waals surface area contributed by atoms with Crippen LogP contribution in [0.3, 0.4) is 0 Å². The topological polar surface area (TPSA) is 75.6 Å². The number of nitrogens with one attached hydrogen (secondary N) is 1. The van der Waals surface area contributed by atoms with Crippen LogP contribution in [0.25, 0.3) is 0 Å². The summed E-state index contributed by atoms with van der Waals surface area (Å²) in [5.41, 5.74) is 3.48. The molecule has 5 nitrogen and oxygen atoms in total. The molecule has 0 unspecified atom stereocenters. The molecule has 0 heterocycles. The summed E-state index contributed by atoms with van der Waals surface area (Å²) >= 11 is 0. The number of carboxylic acids is 1. The predicted molar refractivity (Wildman–Crippen MR) is 118 cm³/mol. The third-order valence-electron chi connectivity index (χ3n) is 5.47. The van der Waals surface area contributed by atoms with Crippen LogP contribution in [0.4, 0.5) is 0 Å². The van der Waals surface area contributed by atoms with Gasteiger partial charge in [-0.15, -0.1) is 0 Å². The Morgan fingerprint density at radius 1 is 0.967 bits per heavy atom. The van der Waals surface area contributed by atoms with Crippen LogP contribution < -0.4 is 5.48 Å². The molecule has 1 amide bonds. The third-order valence-corrected chi connectivity index (χ3v) is 5.47. The van der Waals surface area contributed by atoms with E-state index in [-0.39, 0.29) is 11.8 Å². The maximum absolute atomic E-state index is 13.1. The fraction of sp³-hybridized carbons (Fsp3) is 0.440. The smallest absolute Gasteiger partial charge is 0.307 e. The lowest BCUT2D eigenvalue weighted by Gasteiger charge is -2.32. The lowest BCUT2D eigenvalue weighted by molar-refractivity contribution is -0.158. The summed E-state index contributed by atoms with van der Waals surface area (Å²) in [6.45, 7) is 7.79. The lowest BCUT2D eigenvalue weighted by Crippen LogP contribution is -2.43. The van der Waals surface area contributed by atoms with Gasteiger partial charge in [-0.05, 0) is 36.8 Å². The summed E-state index contributed by atoms with van der Waals surface area (Å²) in [7, 11) is 0. The van der Waals surface area contributed by atoms with E-state index in [1.165, 1.54) is 0 Å². The van der Waals surface area contributed by atoms with Gasteiger partial charge >= 0.3 is 5.97 Å². The minimum atomic E-state index is -0.939. The molecule has 0 aliphatic rings. The van der Waals surface area contributed by atoms with Crippen molar-refractivity contribution in [2.45, 2.75) is 52.6 Å². The quantitative estimate of drug-likeness (QED) is 0.501. The molecule has 0 saturated heterocycles. The highest BCUT2D eigenvalue weighted by Gasteiger charge is 2.36. The first-order chi connectivity index (χ1) is 14.3. The Labute approximate surface area is 179 Å². The van der Waals surface area contributed by atoms with Crippen molar-refractivity contribution in [1.82, 2.24) is 5.48 Å². The van der Waals surface area contributed by atoms with Gasteiger partial charge in [0.2, 0.25) is 5.91 Å². The molecule has 5 heteroatoms. The van der Waals surface area contributed by atoms with Crippen LogP contribution in [-0.4, -0.2) is 17.0 Å². The molecule has 2 aromatic carbocycles. The second kappa shape index (κ2) is 10.9. The Kier molecular flexibility index (Phi) is 8.60. The van der Waals surface area contributed by atoms with Crippen LogP contribution in [0.2, 0.25) is 0 Å². The number of carbonyl (C=O) groups excluding carboxylic acids is 1. The molecule has 0 aliphatic carbocycles. The Morgan fingerprint density at radius 3 is 1.87 bits per heavy atom. The van der Waals surface area contributed by atoms with Gasteiger partial charge in [-0.2, -0.15) is 0 Å². The summed E-state index contributed by atoms with van der Waals surface area (Å²) in [5.74, 6) is -2.54. The molecule has 0 spiro atoms. The summed E-state index contributed by atoms with van der Waals surface area (Å²) in [6.07, 6.45) is 1.66. The van der Waals surface area contributed by atoms with Gasteiger partial charge in [-0.25, -0.2) is 5.48 Å². The predicted octanol–water partition coefficient (Wildman–Crippen LogP) is 5.16. The monoisotopic (exact) mass is 411 g/mol. The molecular formula is C25H33NO4. The maximum atomic E-state index is 13.1. The van der Waals surface area contributed by atoms with Gasteiger partial charge in [0.1, 0.15) is 5.60 Å². The van der Waals surface area contributed by atoms with E-state index < -0.39 is 23.4 Å². The van der Waals surface area contributed by atoms with Gasteiger partial charge in [0.15, 0.2) is 0 Å². The van der Waals surface area contributed by atoms with Crippen LogP contribution in [0.5, 0.6) is 0 Å². The van der Waals surface area contributed by atoms with Gasteiger partial charge in [0.25, 0.3) is 0 Å². The summed E-state index contributed by atoms with van der Waals surface area (Å²) in [6, 6.07) is 19.3. The first kappa shape index (κ1) is 23.6. The van der Waals surface area contributed by atoms with Crippen molar-refractivity contribution < 1.29 is 19.5 Å². The molecule has 0 bridgehead atoms. The minimum Gasteiger partial charge on any atom is -0.481 e. The van der Waals surface area contributed by atoms with Gasteiger partial charge in [0, 0.05) is 0 Å². The van der Waals surface area contributed by atoms with Crippen molar-refractivity contribution in [2.24, 2.45) is 17.8 Å². The van der Waals surface area contributed by atoms with Crippen LogP contribution >= 0.6 is 0 Å². The van der Waals surface area contributed by atoms with E-state index in [1.807, 2.05) is 88.4 Å². The fourth-order valence-electron chi connectivity index (χ4n) is 3.80. The van der Waals surface area contributed by atoms with Crippen molar-refractivity contribution in [3.05, 3.63) is 71.8 Å². The second-order valence-electron chi connectivity index (χ2n) is 8.30. The number of amides is 1. The van der Waals surface area contributed by atoms with E-state index >= 15 is 0 Å². The first-order valence-corrected chi connectivity index (χ1v) is 10.6. The summed E-state index contributed by atoms with van der Waals surface area (Å²) in [5, 5.41) is 9.73. The average Bonchev–Trinajstić information content (AvgIpc) is 2.75. The SMILES string of the molecule is CCC[C@H](C(=O)NOC(C)(c1ccccc1)c1ccccc1)[C@@H](CC(C)C)C(=O)O. The normalized spacial score (nSPS) is 13.6. The zero-order chi connectivity index (χ0) is 22.1. The van der Waals surface area contributed by atoms with Crippen LogP contribution in [0, 0.1) is 17.8 Å². The van der Waals surface area contributed by atoms with E-state index in [0.717, 1.165) is 11.1 Å². The molecule has 30 heavy (non-hydrogen) atoms. The summed E-state index contributed by atoms with van der Waals surface area (Å²) in [4.78, 5) is 31.0. The first-order valence-electron chi connectivity index (χ1n) is 10.6. The third kappa shape index (κ3) is 5.92. The van der Waals surface area contributed by atoms with Crippen molar-refractivity contribution in [2.75, 3.05) is 0 Å². The number of hydrogen-bond donors (Lipinski definition) is 2. The molecule has 0 aliphatic heterocycles. The number of hydrogen-bond acceptors (Lipinski definition) is 3. The van der Waals surface area contributed by atoms with Gasteiger partial charge in [-0.3, -0.25) is 14.4 Å². The molecule has 0 fully saturated rings. The van der Waals surface area contributed by atoms with Gasteiger partial charge in [0.05, 0.1) is 11.8 Å². The van der Waals surface area contributed by atoms with E-state index in [9.17, 15) is 14.7 Å². The van der Waals surface area contributed by atoms with Crippen molar-refractivity contribution in [3.63, 3.8) is 0 Å². The highest BCUT2D eigenvalue weighted by molar-refractivity contribution is 5.84. The molecule has 2 rings (SSSR count). The number of aliphatic carboxylic acids is 1.